The van der Waals surface area contributed by atoms with E-state index in [0.717, 1.165) is 19.1 Å². The van der Waals surface area contributed by atoms with Gasteiger partial charge in [0.15, 0.2) is 0 Å². The SMILES string of the molecule is C(CCN1CCCNCC1)CC1CCOCC1. The zero-order valence-electron chi connectivity index (χ0n) is 11.1. The van der Waals surface area contributed by atoms with E-state index < -0.39 is 0 Å². The minimum absolute atomic E-state index is 0.953. The molecule has 2 rings (SSSR count). The molecule has 0 aromatic carbocycles. The fourth-order valence-electron chi connectivity index (χ4n) is 2.93. The molecule has 3 nitrogen and oxygen atoms in total. The van der Waals surface area contributed by atoms with Crippen LogP contribution in [0.1, 0.15) is 38.5 Å². The number of nitrogens with zero attached hydrogens (tertiary/aromatic N) is 1. The van der Waals surface area contributed by atoms with E-state index in [9.17, 15) is 0 Å². The monoisotopic (exact) mass is 240 g/mol. The molecule has 0 aromatic heterocycles. The molecule has 2 fully saturated rings. The third kappa shape index (κ3) is 5.36. The van der Waals surface area contributed by atoms with Crippen molar-refractivity contribution in [3.8, 4) is 0 Å². The van der Waals surface area contributed by atoms with Crippen molar-refractivity contribution in [2.24, 2.45) is 5.92 Å². The lowest BCUT2D eigenvalue weighted by atomic mass is 9.94. The first-order valence-corrected chi connectivity index (χ1v) is 7.46. The van der Waals surface area contributed by atoms with Crippen molar-refractivity contribution < 1.29 is 4.74 Å². The van der Waals surface area contributed by atoms with Crippen LogP contribution in [0.2, 0.25) is 0 Å². The first-order chi connectivity index (χ1) is 8.45. The van der Waals surface area contributed by atoms with Crippen molar-refractivity contribution in [2.75, 3.05) is 45.9 Å². The van der Waals surface area contributed by atoms with Crippen molar-refractivity contribution in [2.45, 2.75) is 38.5 Å². The van der Waals surface area contributed by atoms with Crippen LogP contribution in [0.4, 0.5) is 0 Å². The van der Waals surface area contributed by atoms with Crippen molar-refractivity contribution in [1.82, 2.24) is 10.2 Å². The molecule has 2 saturated heterocycles. The average Bonchev–Trinajstić information content (AvgIpc) is 2.65. The van der Waals surface area contributed by atoms with E-state index in [4.69, 9.17) is 4.74 Å². The Morgan fingerprint density at radius 1 is 1.06 bits per heavy atom. The predicted octanol–water partition coefficient (Wildman–Crippen LogP) is 1.88. The molecule has 1 N–H and O–H groups in total. The highest BCUT2D eigenvalue weighted by Gasteiger charge is 2.13. The Morgan fingerprint density at radius 3 is 2.82 bits per heavy atom. The van der Waals surface area contributed by atoms with Crippen molar-refractivity contribution in [3.63, 3.8) is 0 Å². The maximum Gasteiger partial charge on any atom is 0.0468 e. The zero-order valence-corrected chi connectivity index (χ0v) is 11.1. The summed E-state index contributed by atoms with van der Waals surface area (Å²) in [6.07, 6.45) is 8.14. The number of nitrogens with one attached hydrogen (secondary N) is 1. The maximum absolute atomic E-state index is 5.40. The van der Waals surface area contributed by atoms with E-state index in [1.165, 1.54) is 71.2 Å². The van der Waals surface area contributed by atoms with Crippen molar-refractivity contribution in [1.29, 1.82) is 0 Å². The van der Waals surface area contributed by atoms with Gasteiger partial charge in [-0.2, -0.15) is 0 Å². The Labute approximate surface area is 106 Å². The average molecular weight is 240 g/mol. The summed E-state index contributed by atoms with van der Waals surface area (Å²) in [6, 6.07) is 0. The molecule has 0 spiro atoms. The topological polar surface area (TPSA) is 24.5 Å². The minimum Gasteiger partial charge on any atom is -0.381 e. The number of rotatable bonds is 5. The molecule has 0 amide bonds. The molecule has 100 valence electrons. The van der Waals surface area contributed by atoms with Crippen LogP contribution >= 0.6 is 0 Å². The summed E-state index contributed by atoms with van der Waals surface area (Å²) < 4.78 is 5.40. The summed E-state index contributed by atoms with van der Waals surface area (Å²) in [5.41, 5.74) is 0. The van der Waals surface area contributed by atoms with Crippen molar-refractivity contribution in [3.05, 3.63) is 0 Å². The molecule has 2 heterocycles. The lowest BCUT2D eigenvalue weighted by Gasteiger charge is -2.23. The van der Waals surface area contributed by atoms with E-state index in [2.05, 4.69) is 10.2 Å². The molecule has 0 atom stereocenters. The van der Waals surface area contributed by atoms with Gasteiger partial charge in [-0.05, 0) is 51.2 Å². The number of hydrogen-bond donors (Lipinski definition) is 1. The second kappa shape index (κ2) is 8.06. The van der Waals surface area contributed by atoms with Crippen molar-refractivity contribution >= 4 is 0 Å². The summed E-state index contributed by atoms with van der Waals surface area (Å²) in [4.78, 5) is 2.63. The van der Waals surface area contributed by atoms with Crippen LogP contribution < -0.4 is 5.32 Å². The van der Waals surface area contributed by atoms with Gasteiger partial charge in [0.1, 0.15) is 0 Å². The van der Waals surface area contributed by atoms with Gasteiger partial charge in [0.2, 0.25) is 0 Å². The third-order valence-electron chi connectivity index (χ3n) is 4.11. The van der Waals surface area contributed by atoms with E-state index in [0.29, 0.717) is 0 Å². The summed E-state index contributed by atoms with van der Waals surface area (Å²) in [7, 11) is 0. The van der Waals surface area contributed by atoms with E-state index in [1.807, 2.05) is 0 Å². The first kappa shape index (κ1) is 13.3. The van der Waals surface area contributed by atoms with E-state index in [1.54, 1.807) is 0 Å². The smallest absolute Gasteiger partial charge is 0.0468 e. The highest BCUT2D eigenvalue weighted by molar-refractivity contribution is 4.67. The van der Waals surface area contributed by atoms with E-state index >= 15 is 0 Å². The van der Waals surface area contributed by atoms with Gasteiger partial charge in [-0.15, -0.1) is 0 Å². The first-order valence-electron chi connectivity index (χ1n) is 7.46. The van der Waals surface area contributed by atoms with Gasteiger partial charge in [0.25, 0.3) is 0 Å². The molecule has 2 aliphatic rings. The summed E-state index contributed by atoms with van der Waals surface area (Å²) in [5.74, 6) is 0.953. The van der Waals surface area contributed by atoms with Gasteiger partial charge in [0.05, 0.1) is 0 Å². The van der Waals surface area contributed by atoms with Crippen LogP contribution in [0.3, 0.4) is 0 Å². The Morgan fingerprint density at radius 2 is 1.94 bits per heavy atom. The summed E-state index contributed by atoms with van der Waals surface area (Å²) >= 11 is 0. The van der Waals surface area contributed by atoms with Gasteiger partial charge in [-0.3, -0.25) is 0 Å². The van der Waals surface area contributed by atoms with Gasteiger partial charge < -0.3 is 15.0 Å². The van der Waals surface area contributed by atoms with E-state index in [-0.39, 0.29) is 0 Å². The lowest BCUT2D eigenvalue weighted by molar-refractivity contribution is 0.0629. The summed E-state index contributed by atoms with van der Waals surface area (Å²) in [6.45, 7) is 8.25. The molecule has 0 saturated carbocycles. The second-order valence-corrected chi connectivity index (χ2v) is 5.50. The van der Waals surface area contributed by atoms with Crippen LogP contribution in [-0.2, 0) is 4.74 Å². The van der Waals surface area contributed by atoms with Crippen LogP contribution in [0, 0.1) is 5.92 Å². The molecule has 0 aromatic rings. The highest BCUT2D eigenvalue weighted by Crippen LogP contribution is 2.20. The molecule has 0 unspecified atom stereocenters. The summed E-state index contributed by atoms with van der Waals surface area (Å²) in [5, 5.41) is 3.46. The fourth-order valence-corrected chi connectivity index (χ4v) is 2.93. The molecule has 3 heteroatoms. The van der Waals surface area contributed by atoms with Crippen LogP contribution in [0.15, 0.2) is 0 Å². The number of ether oxygens (including phenoxy) is 1. The Balaban J connectivity index is 1.49. The fraction of sp³-hybridized carbons (Fsp3) is 1.00. The van der Waals surface area contributed by atoms with Crippen LogP contribution in [-0.4, -0.2) is 50.8 Å². The number of unbranched alkanes of at least 4 members (excludes halogenated alkanes) is 1. The quantitative estimate of drug-likeness (QED) is 0.743. The molecule has 0 radical (unpaired) electrons. The highest BCUT2D eigenvalue weighted by atomic mass is 16.5. The standard InChI is InChI=1S/C14H28N2O/c1(4-14-5-12-17-13-6-14)2-9-16-10-3-7-15-8-11-16/h14-15H,1-13H2. The Bertz CT molecular complexity index is 185. The zero-order chi connectivity index (χ0) is 11.8. The second-order valence-electron chi connectivity index (χ2n) is 5.50. The third-order valence-corrected chi connectivity index (χ3v) is 4.11. The van der Waals surface area contributed by atoms with Gasteiger partial charge in [0, 0.05) is 26.3 Å². The lowest BCUT2D eigenvalue weighted by Crippen LogP contribution is -2.29. The molecule has 0 bridgehead atoms. The Kier molecular flexibility index (Phi) is 6.32. The van der Waals surface area contributed by atoms with Crippen LogP contribution in [0.5, 0.6) is 0 Å². The Hall–Kier alpha value is -0.120. The van der Waals surface area contributed by atoms with Crippen LogP contribution in [0.25, 0.3) is 0 Å². The largest absolute Gasteiger partial charge is 0.381 e. The molecule has 2 aliphatic heterocycles. The molecular formula is C14H28N2O. The van der Waals surface area contributed by atoms with Gasteiger partial charge in [-0.25, -0.2) is 0 Å². The minimum atomic E-state index is 0.953. The predicted molar refractivity (Wildman–Crippen MR) is 71.3 cm³/mol. The molecule has 0 aliphatic carbocycles. The maximum atomic E-state index is 5.40. The van der Waals surface area contributed by atoms with Gasteiger partial charge >= 0.3 is 0 Å². The van der Waals surface area contributed by atoms with Gasteiger partial charge in [-0.1, -0.05) is 12.8 Å². The normalized spacial score (nSPS) is 24.7. The molecule has 17 heavy (non-hydrogen) atoms. The molecular weight excluding hydrogens is 212 g/mol. The number of hydrogen-bond acceptors (Lipinski definition) is 3.